The first-order chi connectivity index (χ1) is 8.06. The van der Waals surface area contributed by atoms with Crippen LogP contribution < -0.4 is 10.5 Å². The Morgan fingerprint density at radius 1 is 1.41 bits per heavy atom. The highest BCUT2D eigenvalue weighted by molar-refractivity contribution is 7.18. The van der Waals surface area contributed by atoms with Crippen LogP contribution in [0.5, 0.6) is 5.75 Å². The summed E-state index contributed by atoms with van der Waals surface area (Å²) in [6.07, 6.45) is 0.948. The summed E-state index contributed by atoms with van der Waals surface area (Å²) in [6.45, 7) is 5.07. The van der Waals surface area contributed by atoms with Crippen molar-refractivity contribution < 1.29 is 4.74 Å². The van der Waals surface area contributed by atoms with Crippen LogP contribution >= 0.6 is 11.3 Å². The number of thiazole rings is 1. The second kappa shape index (κ2) is 4.63. The van der Waals surface area contributed by atoms with Gasteiger partial charge in [-0.2, -0.15) is 0 Å². The number of methoxy groups -OCH3 is 1. The Kier molecular flexibility index (Phi) is 3.35. The van der Waals surface area contributed by atoms with Crippen LogP contribution in [0.1, 0.15) is 25.3 Å². The highest BCUT2D eigenvalue weighted by Gasteiger charge is 2.23. The number of ether oxygens (including phenoxy) is 1. The van der Waals surface area contributed by atoms with E-state index in [0.29, 0.717) is 6.54 Å². The van der Waals surface area contributed by atoms with Crippen molar-refractivity contribution >= 4 is 21.6 Å². The molecule has 0 aliphatic carbocycles. The molecule has 0 bridgehead atoms. The van der Waals surface area contributed by atoms with E-state index in [0.717, 1.165) is 22.7 Å². The Labute approximate surface area is 106 Å². The van der Waals surface area contributed by atoms with E-state index in [1.165, 1.54) is 4.70 Å². The van der Waals surface area contributed by atoms with Crippen molar-refractivity contribution in [3.05, 3.63) is 23.2 Å². The highest BCUT2D eigenvalue weighted by atomic mass is 32.1. The average Bonchev–Trinajstić information content (AvgIpc) is 2.72. The van der Waals surface area contributed by atoms with Gasteiger partial charge in [0.1, 0.15) is 5.75 Å². The van der Waals surface area contributed by atoms with Crippen LogP contribution in [0.25, 0.3) is 10.2 Å². The molecule has 1 aromatic carbocycles. The second-order valence-electron chi connectivity index (χ2n) is 4.78. The van der Waals surface area contributed by atoms with Gasteiger partial charge in [-0.1, -0.05) is 13.8 Å². The normalized spacial score (nSPS) is 12.0. The molecular formula is C13H18N2OS. The minimum absolute atomic E-state index is 0.0473. The van der Waals surface area contributed by atoms with E-state index in [9.17, 15) is 0 Å². The lowest BCUT2D eigenvalue weighted by Gasteiger charge is -2.20. The van der Waals surface area contributed by atoms with Crippen LogP contribution in [0.4, 0.5) is 0 Å². The molecular weight excluding hydrogens is 232 g/mol. The summed E-state index contributed by atoms with van der Waals surface area (Å²) in [5, 5.41) is 1.14. The molecule has 0 saturated heterocycles. The fourth-order valence-electron chi connectivity index (χ4n) is 1.79. The number of nitrogens with zero attached hydrogens (tertiary/aromatic N) is 1. The number of benzene rings is 1. The van der Waals surface area contributed by atoms with E-state index < -0.39 is 0 Å². The molecule has 4 heteroatoms. The Morgan fingerprint density at radius 2 is 2.18 bits per heavy atom. The fraction of sp³-hybridized carbons (Fsp3) is 0.462. The van der Waals surface area contributed by atoms with Gasteiger partial charge in [-0.3, -0.25) is 0 Å². The lowest BCUT2D eigenvalue weighted by atomic mass is 9.90. The maximum absolute atomic E-state index is 5.65. The molecule has 0 aliphatic rings. The smallest absolute Gasteiger partial charge is 0.120 e. The van der Waals surface area contributed by atoms with Crippen molar-refractivity contribution in [1.82, 2.24) is 4.98 Å². The predicted octanol–water partition coefficient (Wildman–Crippen LogP) is 2.93. The summed E-state index contributed by atoms with van der Waals surface area (Å²) in [5.41, 5.74) is 6.73. The third-order valence-electron chi connectivity index (χ3n) is 2.94. The molecule has 1 aromatic heterocycles. The first-order valence-electron chi connectivity index (χ1n) is 5.72. The van der Waals surface area contributed by atoms with E-state index in [4.69, 9.17) is 10.5 Å². The van der Waals surface area contributed by atoms with Gasteiger partial charge in [-0.15, -0.1) is 11.3 Å². The predicted molar refractivity (Wildman–Crippen MR) is 72.9 cm³/mol. The van der Waals surface area contributed by atoms with Crippen LogP contribution in [0, 0.1) is 0 Å². The van der Waals surface area contributed by atoms with E-state index in [-0.39, 0.29) is 5.41 Å². The van der Waals surface area contributed by atoms with Gasteiger partial charge < -0.3 is 10.5 Å². The van der Waals surface area contributed by atoms with Gasteiger partial charge in [0.15, 0.2) is 0 Å². The van der Waals surface area contributed by atoms with Crippen LogP contribution in [0.15, 0.2) is 18.2 Å². The maximum atomic E-state index is 5.65. The average molecular weight is 250 g/mol. The molecule has 0 atom stereocenters. The summed E-state index contributed by atoms with van der Waals surface area (Å²) >= 11 is 1.73. The van der Waals surface area contributed by atoms with Crippen molar-refractivity contribution in [2.75, 3.05) is 13.7 Å². The van der Waals surface area contributed by atoms with Gasteiger partial charge in [-0.05, 0) is 31.2 Å². The summed E-state index contributed by atoms with van der Waals surface area (Å²) in [4.78, 5) is 4.69. The van der Waals surface area contributed by atoms with Crippen LogP contribution in [-0.2, 0) is 5.41 Å². The Balaban J connectivity index is 2.44. The molecule has 3 nitrogen and oxygen atoms in total. The van der Waals surface area contributed by atoms with Gasteiger partial charge >= 0.3 is 0 Å². The SMILES string of the molecule is COc1ccc2nc(C(C)(C)CCN)sc2c1. The molecule has 2 rings (SSSR count). The van der Waals surface area contributed by atoms with Crippen molar-refractivity contribution in [2.24, 2.45) is 5.73 Å². The molecule has 17 heavy (non-hydrogen) atoms. The first-order valence-corrected chi connectivity index (χ1v) is 6.53. The van der Waals surface area contributed by atoms with Crippen LogP contribution in [-0.4, -0.2) is 18.6 Å². The van der Waals surface area contributed by atoms with Gasteiger partial charge in [-0.25, -0.2) is 4.98 Å². The third kappa shape index (κ3) is 2.42. The Hall–Kier alpha value is -1.13. The van der Waals surface area contributed by atoms with Crippen LogP contribution in [0.2, 0.25) is 0 Å². The van der Waals surface area contributed by atoms with Gasteiger partial charge in [0.05, 0.1) is 22.3 Å². The zero-order valence-electron chi connectivity index (χ0n) is 10.5. The topological polar surface area (TPSA) is 48.1 Å². The Bertz CT molecular complexity index is 519. The summed E-state index contributed by atoms with van der Waals surface area (Å²) < 4.78 is 6.39. The second-order valence-corrected chi connectivity index (χ2v) is 5.81. The monoisotopic (exact) mass is 250 g/mol. The minimum atomic E-state index is 0.0473. The summed E-state index contributed by atoms with van der Waals surface area (Å²) in [7, 11) is 1.68. The van der Waals surface area contributed by atoms with E-state index >= 15 is 0 Å². The minimum Gasteiger partial charge on any atom is -0.497 e. The van der Waals surface area contributed by atoms with Crippen LogP contribution in [0.3, 0.4) is 0 Å². The molecule has 0 aliphatic heterocycles. The fourth-order valence-corrected chi connectivity index (χ4v) is 2.91. The van der Waals surface area contributed by atoms with Crippen molar-refractivity contribution in [1.29, 1.82) is 0 Å². The largest absolute Gasteiger partial charge is 0.497 e. The van der Waals surface area contributed by atoms with Crippen molar-refractivity contribution in [3.8, 4) is 5.75 Å². The van der Waals surface area contributed by atoms with Gasteiger partial charge in [0.25, 0.3) is 0 Å². The zero-order chi connectivity index (χ0) is 12.5. The third-order valence-corrected chi connectivity index (χ3v) is 4.33. The van der Waals surface area contributed by atoms with Crippen molar-refractivity contribution in [2.45, 2.75) is 25.7 Å². The number of rotatable bonds is 4. The lowest BCUT2D eigenvalue weighted by molar-refractivity contribution is 0.415. The number of fused-ring (bicyclic) bond motifs is 1. The molecule has 2 N–H and O–H groups in total. The Morgan fingerprint density at radius 3 is 2.82 bits per heavy atom. The van der Waals surface area contributed by atoms with Gasteiger partial charge in [0, 0.05) is 5.41 Å². The van der Waals surface area contributed by atoms with E-state index in [1.54, 1.807) is 18.4 Å². The lowest BCUT2D eigenvalue weighted by Crippen LogP contribution is -2.21. The van der Waals surface area contributed by atoms with E-state index in [2.05, 4.69) is 18.8 Å². The molecule has 0 amide bonds. The molecule has 1 heterocycles. The number of hydrogen-bond donors (Lipinski definition) is 1. The molecule has 0 fully saturated rings. The standard InChI is InChI=1S/C13H18N2OS/c1-13(2,6-7-14)12-15-10-5-4-9(16-3)8-11(10)17-12/h4-5,8H,6-7,14H2,1-3H3. The number of nitrogens with two attached hydrogens (primary N) is 1. The van der Waals surface area contributed by atoms with E-state index in [1.807, 2.05) is 18.2 Å². The molecule has 0 saturated carbocycles. The molecule has 0 spiro atoms. The zero-order valence-corrected chi connectivity index (χ0v) is 11.3. The maximum Gasteiger partial charge on any atom is 0.120 e. The number of aromatic nitrogens is 1. The molecule has 92 valence electrons. The summed E-state index contributed by atoms with van der Waals surface area (Å²) in [5.74, 6) is 0.879. The molecule has 2 aromatic rings. The van der Waals surface area contributed by atoms with Gasteiger partial charge in [0.2, 0.25) is 0 Å². The quantitative estimate of drug-likeness (QED) is 0.907. The number of hydrogen-bond acceptors (Lipinski definition) is 4. The molecule has 0 radical (unpaired) electrons. The highest BCUT2D eigenvalue weighted by Crippen LogP contribution is 2.34. The summed E-state index contributed by atoms with van der Waals surface area (Å²) in [6, 6.07) is 5.99. The van der Waals surface area contributed by atoms with Crippen molar-refractivity contribution in [3.63, 3.8) is 0 Å². The first kappa shape index (κ1) is 12.3. The molecule has 0 unspecified atom stereocenters.